The molecule has 0 aliphatic rings. The van der Waals surface area contributed by atoms with E-state index in [0.29, 0.717) is 24.7 Å². The van der Waals surface area contributed by atoms with Crippen molar-refractivity contribution in [1.82, 2.24) is 15.0 Å². The Hall–Kier alpha value is -2.45. The second-order valence-electron chi connectivity index (χ2n) is 3.37. The van der Waals surface area contributed by atoms with Crippen LogP contribution in [0.5, 0.6) is 5.75 Å². The highest BCUT2D eigenvalue weighted by molar-refractivity contribution is 5.36. The van der Waals surface area contributed by atoms with Gasteiger partial charge in [0.2, 0.25) is 0 Å². The van der Waals surface area contributed by atoms with Gasteiger partial charge in [-0.05, 0) is 12.1 Å². The summed E-state index contributed by atoms with van der Waals surface area (Å²) in [4.78, 5) is 12.2. The molecule has 0 fully saturated rings. The van der Waals surface area contributed by atoms with Gasteiger partial charge in [-0.3, -0.25) is 4.98 Å². The highest BCUT2D eigenvalue weighted by Crippen LogP contribution is 2.11. The van der Waals surface area contributed by atoms with Crippen molar-refractivity contribution < 1.29 is 4.74 Å². The zero-order valence-corrected chi connectivity index (χ0v) is 9.71. The van der Waals surface area contributed by atoms with Crippen molar-refractivity contribution in [2.24, 2.45) is 5.73 Å². The largest absolute Gasteiger partial charge is 0.484 e. The van der Waals surface area contributed by atoms with Gasteiger partial charge in [0.05, 0.1) is 12.7 Å². The first kappa shape index (κ1) is 12.0. The van der Waals surface area contributed by atoms with Crippen LogP contribution in [0.1, 0.15) is 11.4 Å². The molecule has 2 rings (SSSR count). The van der Waals surface area contributed by atoms with E-state index in [1.807, 2.05) is 0 Å². The first-order valence-electron chi connectivity index (χ1n) is 5.41. The standard InChI is InChI=1S/C13H12N4O/c14-4-1-3-11-7-12(9-15-8-11)18-10-13-16-5-2-6-17-13/h2,5-9H,4,10,14H2. The van der Waals surface area contributed by atoms with Crippen LogP contribution in [-0.2, 0) is 6.61 Å². The van der Waals surface area contributed by atoms with Gasteiger partial charge in [-0.15, -0.1) is 0 Å². The Labute approximate surface area is 105 Å². The summed E-state index contributed by atoms with van der Waals surface area (Å²) >= 11 is 0. The molecule has 0 aliphatic heterocycles. The van der Waals surface area contributed by atoms with Gasteiger partial charge >= 0.3 is 0 Å². The Bertz CT molecular complexity index is 560. The second-order valence-corrected chi connectivity index (χ2v) is 3.37. The molecule has 5 heteroatoms. The first-order chi connectivity index (χ1) is 8.88. The van der Waals surface area contributed by atoms with Gasteiger partial charge < -0.3 is 10.5 Å². The lowest BCUT2D eigenvalue weighted by Gasteiger charge is -2.04. The highest BCUT2D eigenvalue weighted by atomic mass is 16.5. The molecule has 2 heterocycles. The first-order valence-corrected chi connectivity index (χ1v) is 5.41. The minimum absolute atomic E-state index is 0.302. The Morgan fingerprint density at radius 3 is 2.83 bits per heavy atom. The average Bonchev–Trinajstić information content (AvgIpc) is 2.44. The minimum atomic E-state index is 0.302. The third kappa shape index (κ3) is 3.54. The third-order valence-corrected chi connectivity index (χ3v) is 2.04. The molecule has 2 aromatic rings. The van der Waals surface area contributed by atoms with Gasteiger partial charge in [0.25, 0.3) is 0 Å². The third-order valence-electron chi connectivity index (χ3n) is 2.04. The molecular weight excluding hydrogens is 228 g/mol. The monoisotopic (exact) mass is 240 g/mol. The number of pyridine rings is 1. The van der Waals surface area contributed by atoms with Gasteiger partial charge in [-0.25, -0.2) is 9.97 Å². The summed E-state index contributed by atoms with van der Waals surface area (Å²) in [6.45, 7) is 0.624. The Morgan fingerprint density at radius 2 is 2.06 bits per heavy atom. The quantitative estimate of drug-likeness (QED) is 0.802. The molecule has 0 unspecified atom stereocenters. The average molecular weight is 240 g/mol. The lowest BCUT2D eigenvalue weighted by molar-refractivity contribution is 0.294. The SMILES string of the molecule is NCC#Cc1cncc(OCc2ncccn2)c1. The number of rotatable bonds is 3. The zero-order chi connectivity index (χ0) is 12.6. The van der Waals surface area contributed by atoms with Crippen molar-refractivity contribution in [3.63, 3.8) is 0 Å². The fourth-order valence-electron chi connectivity index (χ4n) is 1.27. The van der Waals surface area contributed by atoms with E-state index >= 15 is 0 Å². The number of nitrogens with two attached hydrogens (primary N) is 1. The molecule has 0 saturated heterocycles. The number of nitrogens with zero attached hydrogens (tertiary/aromatic N) is 3. The molecular formula is C13H12N4O. The minimum Gasteiger partial charge on any atom is -0.484 e. The maximum absolute atomic E-state index is 5.53. The summed E-state index contributed by atoms with van der Waals surface area (Å²) in [5.41, 5.74) is 6.08. The van der Waals surface area contributed by atoms with Crippen molar-refractivity contribution in [2.45, 2.75) is 6.61 Å². The molecule has 18 heavy (non-hydrogen) atoms. The molecule has 0 radical (unpaired) electrons. The maximum Gasteiger partial charge on any atom is 0.166 e. The van der Waals surface area contributed by atoms with Crippen molar-refractivity contribution in [3.8, 4) is 17.6 Å². The van der Waals surface area contributed by atoms with Crippen LogP contribution in [0.4, 0.5) is 0 Å². The van der Waals surface area contributed by atoms with E-state index in [1.165, 1.54) is 0 Å². The van der Waals surface area contributed by atoms with Crippen LogP contribution < -0.4 is 10.5 Å². The summed E-state index contributed by atoms with van der Waals surface area (Å²) in [7, 11) is 0. The predicted molar refractivity (Wildman–Crippen MR) is 66.5 cm³/mol. The van der Waals surface area contributed by atoms with E-state index in [1.54, 1.807) is 36.9 Å². The Kier molecular flexibility index (Phi) is 4.22. The maximum atomic E-state index is 5.53. The van der Waals surface area contributed by atoms with E-state index in [2.05, 4.69) is 26.8 Å². The number of aromatic nitrogens is 3. The van der Waals surface area contributed by atoms with Gasteiger partial charge in [0.1, 0.15) is 12.4 Å². The summed E-state index contributed by atoms with van der Waals surface area (Å²) in [6.07, 6.45) is 6.63. The summed E-state index contributed by atoms with van der Waals surface area (Å²) in [5, 5.41) is 0. The molecule has 0 aromatic carbocycles. The number of hydrogen-bond acceptors (Lipinski definition) is 5. The van der Waals surface area contributed by atoms with E-state index in [-0.39, 0.29) is 0 Å². The second kappa shape index (κ2) is 6.33. The highest BCUT2D eigenvalue weighted by Gasteiger charge is 1.98. The van der Waals surface area contributed by atoms with Crippen LogP contribution in [0.3, 0.4) is 0 Å². The molecule has 0 atom stereocenters. The van der Waals surface area contributed by atoms with Gasteiger partial charge in [-0.1, -0.05) is 11.8 Å². The molecule has 0 spiro atoms. The van der Waals surface area contributed by atoms with Crippen LogP contribution in [-0.4, -0.2) is 21.5 Å². The van der Waals surface area contributed by atoms with Crippen LogP contribution in [0.25, 0.3) is 0 Å². The van der Waals surface area contributed by atoms with Gasteiger partial charge in [0.15, 0.2) is 5.82 Å². The normalized spacial score (nSPS) is 9.39. The van der Waals surface area contributed by atoms with Gasteiger partial charge in [-0.2, -0.15) is 0 Å². The fourth-order valence-corrected chi connectivity index (χ4v) is 1.27. The van der Waals surface area contributed by atoms with E-state index in [9.17, 15) is 0 Å². The molecule has 0 aliphatic carbocycles. The Balaban J connectivity index is 2.01. The van der Waals surface area contributed by atoms with Gasteiger partial charge in [0, 0.05) is 24.2 Å². The Morgan fingerprint density at radius 1 is 1.22 bits per heavy atom. The molecule has 0 saturated carbocycles. The lowest BCUT2D eigenvalue weighted by Crippen LogP contribution is -2.00. The predicted octanol–water partition coefficient (Wildman–Crippen LogP) is 0.761. The summed E-state index contributed by atoms with van der Waals surface area (Å²) < 4.78 is 5.53. The van der Waals surface area contributed by atoms with E-state index in [0.717, 1.165) is 5.56 Å². The van der Waals surface area contributed by atoms with E-state index in [4.69, 9.17) is 10.5 Å². The molecule has 90 valence electrons. The van der Waals surface area contributed by atoms with Crippen LogP contribution in [0.15, 0.2) is 36.9 Å². The van der Waals surface area contributed by atoms with Crippen LogP contribution in [0, 0.1) is 11.8 Å². The fraction of sp³-hybridized carbons (Fsp3) is 0.154. The zero-order valence-electron chi connectivity index (χ0n) is 9.71. The molecule has 2 aromatic heterocycles. The molecule has 2 N–H and O–H groups in total. The van der Waals surface area contributed by atoms with E-state index < -0.39 is 0 Å². The van der Waals surface area contributed by atoms with Crippen molar-refractivity contribution in [2.75, 3.05) is 6.54 Å². The molecule has 5 nitrogen and oxygen atoms in total. The van der Waals surface area contributed by atoms with Crippen LogP contribution >= 0.6 is 0 Å². The van der Waals surface area contributed by atoms with Crippen molar-refractivity contribution in [1.29, 1.82) is 0 Å². The summed E-state index contributed by atoms with van der Waals surface area (Å²) in [5.74, 6) is 6.91. The lowest BCUT2D eigenvalue weighted by atomic mass is 10.3. The van der Waals surface area contributed by atoms with Crippen molar-refractivity contribution >= 4 is 0 Å². The summed E-state index contributed by atoms with van der Waals surface area (Å²) in [6, 6.07) is 3.56. The topological polar surface area (TPSA) is 73.9 Å². The number of ether oxygens (including phenoxy) is 1. The smallest absolute Gasteiger partial charge is 0.166 e. The number of hydrogen-bond donors (Lipinski definition) is 1. The van der Waals surface area contributed by atoms with Crippen LogP contribution in [0.2, 0.25) is 0 Å². The molecule has 0 amide bonds. The van der Waals surface area contributed by atoms with Crippen molar-refractivity contribution in [3.05, 3.63) is 48.3 Å². The molecule has 0 bridgehead atoms.